The van der Waals surface area contributed by atoms with E-state index in [1.165, 1.54) is 28.3 Å². The summed E-state index contributed by atoms with van der Waals surface area (Å²) in [4.78, 5) is 16.7. The van der Waals surface area contributed by atoms with Gasteiger partial charge < -0.3 is 10.0 Å². The summed E-state index contributed by atoms with van der Waals surface area (Å²) in [5, 5.41) is 9.24. The zero-order valence-electron chi connectivity index (χ0n) is 24.8. The lowest BCUT2D eigenvalue weighted by atomic mass is 9.93. The van der Waals surface area contributed by atoms with Crippen LogP contribution in [0.5, 0.6) is 0 Å². The van der Waals surface area contributed by atoms with E-state index in [1.54, 1.807) is 0 Å². The van der Waals surface area contributed by atoms with E-state index < -0.39 is 5.97 Å². The minimum atomic E-state index is -1.19. The van der Waals surface area contributed by atoms with Crippen molar-refractivity contribution in [3.05, 3.63) is 179 Å². The largest absolute Gasteiger partial charge is 0.486 e. The molecule has 0 spiro atoms. The van der Waals surface area contributed by atoms with Crippen LogP contribution in [0.3, 0.4) is 0 Å². The molecule has 0 unspecified atom stereocenters. The fourth-order valence-corrected chi connectivity index (χ4v) is 5.67. The molecule has 218 valence electrons. The molecule has 0 bridgehead atoms. The van der Waals surface area contributed by atoms with Crippen molar-refractivity contribution in [2.24, 2.45) is 0 Å². The van der Waals surface area contributed by atoms with E-state index in [0.29, 0.717) is 0 Å². The first-order valence-corrected chi connectivity index (χ1v) is 15.0. The second kappa shape index (κ2) is 13.6. The van der Waals surface area contributed by atoms with Gasteiger partial charge in [0.25, 0.3) is 5.70 Å². The molecule has 6 rings (SSSR count). The van der Waals surface area contributed by atoms with Crippen LogP contribution in [0, 0.1) is 6.57 Å². The predicted molar refractivity (Wildman–Crippen MR) is 184 cm³/mol. The van der Waals surface area contributed by atoms with Crippen LogP contribution in [0.1, 0.15) is 24.8 Å². The third-order valence-electron chi connectivity index (χ3n) is 7.93. The number of carboxylic acids is 1. The Balaban J connectivity index is 1.32. The third-order valence-corrected chi connectivity index (χ3v) is 7.93. The molecule has 0 atom stereocenters. The van der Waals surface area contributed by atoms with Gasteiger partial charge in [-0.2, -0.15) is 0 Å². The Hall–Kier alpha value is -5.92. The molecule has 4 heteroatoms. The zero-order chi connectivity index (χ0) is 31.0. The number of hydrogen-bond donors (Lipinski definition) is 1. The molecule has 1 aliphatic carbocycles. The number of allylic oxidation sites excluding steroid dienone is 4. The molecule has 0 aromatic heterocycles. The number of hydrogen-bond acceptors (Lipinski definition) is 2. The van der Waals surface area contributed by atoms with Gasteiger partial charge in [0, 0.05) is 17.1 Å². The standard InChI is InChI=1S/C41H32N2O2/c1-42-40(41(44)45)29-32-10-8-9-31(28-32)27-30-15-21-37(22-16-30)43(38-23-17-35(18-24-38)33-11-4-2-5-12-33)39-25-19-36(20-26-39)34-13-6-3-7-14-34/h2-7,11-29H,8-10H2,(H,44,45)/b31-27+,40-29-. The highest BCUT2D eigenvalue weighted by Gasteiger charge is 2.14. The Kier molecular flexibility index (Phi) is 8.80. The minimum Gasteiger partial charge on any atom is -0.486 e. The molecular weight excluding hydrogens is 552 g/mol. The zero-order valence-corrected chi connectivity index (χ0v) is 24.8. The lowest BCUT2D eigenvalue weighted by molar-refractivity contribution is -0.132. The summed E-state index contributed by atoms with van der Waals surface area (Å²) in [6.07, 6.45) is 8.25. The van der Waals surface area contributed by atoms with Crippen LogP contribution in [0.15, 0.2) is 162 Å². The van der Waals surface area contributed by atoms with Gasteiger partial charge in [-0.25, -0.2) is 4.85 Å². The van der Waals surface area contributed by atoms with Crippen molar-refractivity contribution in [3.63, 3.8) is 0 Å². The molecule has 45 heavy (non-hydrogen) atoms. The smallest absolute Gasteiger partial charge is 0.333 e. The van der Waals surface area contributed by atoms with Crippen LogP contribution in [0.2, 0.25) is 0 Å². The van der Waals surface area contributed by atoms with E-state index in [1.807, 2.05) is 18.2 Å². The van der Waals surface area contributed by atoms with Crippen LogP contribution in [0.4, 0.5) is 17.1 Å². The maximum Gasteiger partial charge on any atom is 0.333 e. The van der Waals surface area contributed by atoms with Crippen molar-refractivity contribution in [1.82, 2.24) is 0 Å². The molecule has 5 aromatic carbocycles. The van der Waals surface area contributed by atoms with Crippen LogP contribution in [-0.4, -0.2) is 11.1 Å². The average molecular weight is 585 g/mol. The van der Waals surface area contributed by atoms with Gasteiger partial charge in [-0.1, -0.05) is 115 Å². The van der Waals surface area contributed by atoms with Crippen LogP contribution < -0.4 is 4.90 Å². The van der Waals surface area contributed by atoms with Gasteiger partial charge in [0.15, 0.2) is 0 Å². The predicted octanol–water partition coefficient (Wildman–Crippen LogP) is 10.9. The molecule has 0 saturated carbocycles. The number of aliphatic carboxylic acids is 1. The van der Waals surface area contributed by atoms with Crippen molar-refractivity contribution in [1.29, 1.82) is 0 Å². The maximum atomic E-state index is 11.3. The number of anilines is 3. The highest BCUT2D eigenvalue weighted by atomic mass is 16.4. The molecule has 4 nitrogen and oxygen atoms in total. The second-order valence-electron chi connectivity index (χ2n) is 11.0. The van der Waals surface area contributed by atoms with Gasteiger partial charge in [-0.15, -0.1) is 0 Å². The Morgan fingerprint density at radius 3 is 1.58 bits per heavy atom. The van der Waals surface area contributed by atoms with Crippen LogP contribution in [0.25, 0.3) is 33.2 Å². The summed E-state index contributed by atoms with van der Waals surface area (Å²) in [6, 6.07) is 46.6. The topological polar surface area (TPSA) is 44.9 Å². The van der Waals surface area contributed by atoms with E-state index in [4.69, 9.17) is 6.57 Å². The van der Waals surface area contributed by atoms with Crippen molar-refractivity contribution in [3.8, 4) is 22.3 Å². The number of carbonyl (C=O) groups is 1. The lowest BCUT2D eigenvalue weighted by Gasteiger charge is -2.26. The third kappa shape index (κ3) is 7.01. The van der Waals surface area contributed by atoms with E-state index in [0.717, 1.165) is 53.0 Å². The van der Waals surface area contributed by atoms with Crippen molar-refractivity contribution in [2.75, 3.05) is 4.90 Å². The van der Waals surface area contributed by atoms with Crippen molar-refractivity contribution >= 4 is 29.1 Å². The molecule has 1 aliphatic rings. The highest BCUT2D eigenvalue weighted by molar-refractivity contribution is 5.89. The molecular formula is C41H32N2O2. The average Bonchev–Trinajstić information content (AvgIpc) is 3.09. The van der Waals surface area contributed by atoms with Crippen molar-refractivity contribution < 1.29 is 9.90 Å². The minimum absolute atomic E-state index is 0.249. The maximum absolute atomic E-state index is 11.3. The Labute approximate surface area is 264 Å². The summed E-state index contributed by atoms with van der Waals surface area (Å²) >= 11 is 0. The second-order valence-corrected chi connectivity index (χ2v) is 11.0. The van der Waals surface area contributed by atoms with Gasteiger partial charge in [-0.3, -0.25) is 4.79 Å². The van der Waals surface area contributed by atoms with E-state index in [9.17, 15) is 9.90 Å². The summed E-state index contributed by atoms with van der Waals surface area (Å²) in [5.41, 5.74) is 10.7. The van der Waals surface area contributed by atoms with Gasteiger partial charge in [-0.05, 0) is 95.1 Å². The molecule has 5 aromatic rings. The summed E-state index contributed by atoms with van der Waals surface area (Å²) in [7, 11) is 0. The molecule has 0 amide bonds. The number of carboxylic acid groups (broad SMARTS) is 1. The molecule has 0 radical (unpaired) electrons. The van der Waals surface area contributed by atoms with Crippen molar-refractivity contribution in [2.45, 2.75) is 19.3 Å². The Morgan fingerprint density at radius 2 is 1.11 bits per heavy atom. The number of nitrogens with zero attached hydrogens (tertiary/aromatic N) is 2. The quantitative estimate of drug-likeness (QED) is 0.146. The molecule has 1 N–H and O–H groups in total. The molecule has 0 saturated heterocycles. The van der Waals surface area contributed by atoms with Gasteiger partial charge in [0.2, 0.25) is 0 Å². The Morgan fingerprint density at radius 1 is 0.644 bits per heavy atom. The highest BCUT2D eigenvalue weighted by Crippen LogP contribution is 2.37. The number of rotatable bonds is 8. The first kappa shape index (κ1) is 29.2. The van der Waals surface area contributed by atoms with Gasteiger partial charge >= 0.3 is 5.97 Å². The fraction of sp³-hybridized carbons (Fsp3) is 0.0732. The van der Waals surface area contributed by atoms with Crippen LogP contribution in [-0.2, 0) is 4.79 Å². The Bertz CT molecular complexity index is 1830. The normalized spacial score (nSPS) is 14.0. The summed E-state index contributed by atoms with van der Waals surface area (Å²) in [5.74, 6) is -1.19. The first-order valence-electron chi connectivity index (χ1n) is 15.0. The summed E-state index contributed by atoms with van der Waals surface area (Å²) in [6.45, 7) is 7.15. The molecule has 0 fully saturated rings. The number of benzene rings is 5. The van der Waals surface area contributed by atoms with E-state index in [-0.39, 0.29) is 5.70 Å². The van der Waals surface area contributed by atoms with E-state index in [2.05, 4.69) is 137 Å². The van der Waals surface area contributed by atoms with Gasteiger partial charge in [0.1, 0.15) is 0 Å². The first-order chi connectivity index (χ1) is 22.1. The fourth-order valence-electron chi connectivity index (χ4n) is 5.67. The summed E-state index contributed by atoms with van der Waals surface area (Å²) < 4.78 is 0. The van der Waals surface area contributed by atoms with E-state index >= 15 is 0 Å². The lowest BCUT2D eigenvalue weighted by Crippen LogP contribution is -2.09. The molecule has 0 aliphatic heterocycles. The molecule has 0 heterocycles. The SMILES string of the molecule is [C-]#[N+]/C(=C\C1=CC(=C/c2ccc(N(c3ccc(-c4ccccc4)cc3)c3ccc(-c4ccccc4)cc3)cc2)/CCC1)C(=O)O. The van der Waals surface area contributed by atoms with Gasteiger partial charge in [0.05, 0.1) is 6.57 Å². The monoisotopic (exact) mass is 584 g/mol. The van der Waals surface area contributed by atoms with Crippen LogP contribution >= 0.6 is 0 Å².